The van der Waals surface area contributed by atoms with E-state index in [1.165, 1.54) is 5.56 Å². The Hall–Kier alpha value is -2.29. The molecule has 1 fully saturated rings. The maximum atomic E-state index is 12.2. The number of aryl methyl sites for hydroxylation is 1. The van der Waals surface area contributed by atoms with Crippen LogP contribution in [0.25, 0.3) is 0 Å². The number of nitrogens with one attached hydrogen (secondary N) is 1. The van der Waals surface area contributed by atoms with Gasteiger partial charge < -0.3 is 19.9 Å². The van der Waals surface area contributed by atoms with Crippen LogP contribution in [0.15, 0.2) is 11.2 Å². The van der Waals surface area contributed by atoms with Crippen molar-refractivity contribution in [1.29, 1.82) is 0 Å². The van der Waals surface area contributed by atoms with Crippen LogP contribution in [0.3, 0.4) is 0 Å². The van der Waals surface area contributed by atoms with Crippen LogP contribution in [0.4, 0.5) is 4.79 Å². The molecule has 1 aromatic heterocycles. The van der Waals surface area contributed by atoms with E-state index in [0.717, 1.165) is 44.4 Å². The molecule has 9 nitrogen and oxygen atoms in total. The Morgan fingerprint density at radius 3 is 2.50 bits per heavy atom. The SMILES string of the molecule is CCNC(=NCCN1CCN(C(=O)OC(C)(C)C)CC1)N(C)Cc1cn(C)nc1C(C)C. The molecule has 2 heterocycles. The van der Waals surface area contributed by atoms with Crippen LogP contribution in [-0.4, -0.2) is 95.0 Å². The monoisotopic (exact) mass is 449 g/mol. The lowest BCUT2D eigenvalue weighted by molar-refractivity contribution is 0.0148. The normalized spacial score (nSPS) is 15.9. The highest BCUT2D eigenvalue weighted by molar-refractivity contribution is 5.79. The van der Waals surface area contributed by atoms with Gasteiger partial charge in [0.1, 0.15) is 5.60 Å². The van der Waals surface area contributed by atoms with E-state index >= 15 is 0 Å². The van der Waals surface area contributed by atoms with E-state index in [1.807, 2.05) is 32.5 Å². The zero-order valence-electron chi connectivity index (χ0n) is 21.3. The number of piperazine rings is 1. The number of carbonyl (C=O) groups is 1. The van der Waals surface area contributed by atoms with Gasteiger partial charge in [-0.25, -0.2) is 4.79 Å². The highest BCUT2D eigenvalue weighted by Gasteiger charge is 2.25. The van der Waals surface area contributed by atoms with Gasteiger partial charge in [-0.05, 0) is 33.6 Å². The van der Waals surface area contributed by atoms with Crippen LogP contribution >= 0.6 is 0 Å². The van der Waals surface area contributed by atoms with Crippen LogP contribution in [0.5, 0.6) is 0 Å². The molecule has 0 aliphatic carbocycles. The van der Waals surface area contributed by atoms with Gasteiger partial charge in [0.2, 0.25) is 0 Å². The molecule has 1 amide bonds. The molecule has 0 aromatic carbocycles. The van der Waals surface area contributed by atoms with Crippen LogP contribution in [-0.2, 0) is 18.3 Å². The van der Waals surface area contributed by atoms with E-state index in [9.17, 15) is 4.79 Å². The summed E-state index contributed by atoms with van der Waals surface area (Å²) in [5.41, 5.74) is 1.91. The van der Waals surface area contributed by atoms with Crippen LogP contribution < -0.4 is 5.32 Å². The summed E-state index contributed by atoms with van der Waals surface area (Å²) in [6, 6.07) is 0. The molecule has 32 heavy (non-hydrogen) atoms. The van der Waals surface area contributed by atoms with E-state index in [0.29, 0.717) is 25.6 Å². The summed E-state index contributed by atoms with van der Waals surface area (Å²) in [7, 11) is 4.04. The molecular formula is C23H43N7O2. The number of hydrogen-bond acceptors (Lipinski definition) is 5. The minimum Gasteiger partial charge on any atom is -0.444 e. The molecule has 1 saturated heterocycles. The van der Waals surface area contributed by atoms with E-state index in [4.69, 9.17) is 9.73 Å². The van der Waals surface area contributed by atoms with Crippen molar-refractivity contribution < 1.29 is 9.53 Å². The molecule has 1 N–H and O–H groups in total. The van der Waals surface area contributed by atoms with Gasteiger partial charge >= 0.3 is 6.09 Å². The molecule has 0 saturated carbocycles. The molecule has 1 aromatic rings. The van der Waals surface area contributed by atoms with Crippen molar-refractivity contribution in [2.24, 2.45) is 12.0 Å². The lowest BCUT2D eigenvalue weighted by atomic mass is 10.1. The minimum atomic E-state index is -0.455. The lowest BCUT2D eigenvalue weighted by Gasteiger charge is -2.35. The lowest BCUT2D eigenvalue weighted by Crippen LogP contribution is -2.50. The van der Waals surface area contributed by atoms with E-state index in [2.05, 4.69) is 54.2 Å². The van der Waals surface area contributed by atoms with Crippen molar-refractivity contribution in [2.45, 2.75) is 59.6 Å². The van der Waals surface area contributed by atoms with Crippen molar-refractivity contribution >= 4 is 12.1 Å². The summed E-state index contributed by atoms with van der Waals surface area (Å²) >= 11 is 0. The Bertz CT molecular complexity index is 759. The number of carbonyl (C=O) groups excluding carboxylic acids is 1. The largest absolute Gasteiger partial charge is 0.444 e. The molecule has 1 aliphatic rings. The number of rotatable bonds is 7. The molecule has 0 spiro atoms. The van der Waals surface area contributed by atoms with Gasteiger partial charge in [-0.2, -0.15) is 5.10 Å². The summed E-state index contributed by atoms with van der Waals surface area (Å²) in [6.45, 7) is 18.4. The Morgan fingerprint density at radius 1 is 1.28 bits per heavy atom. The topological polar surface area (TPSA) is 78.2 Å². The smallest absolute Gasteiger partial charge is 0.410 e. The third-order valence-corrected chi connectivity index (χ3v) is 5.29. The average molecular weight is 450 g/mol. The van der Waals surface area contributed by atoms with Gasteiger partial charge in [-0.15, -0.1) is 0 Å². The van der Waals surface area contributed by atoms with Gasteiger partial charge in [-0.3, -0.25) is 14.6 Å². The highest BCUT2D eigenvalue weighted by Crippen LogP contribution is 2.18. The number of aliphatic imine (C=N–C) groups is 1. The van der Waals surface area contributed by atoms with E-state index in [1.54, 1.807) is 4.90 Å². The molecule has 0 atom stereocenters. The maximum Gasteiger partial charge on any atom is 0.410 e. The second-order valence-electron chi connectivity index (χ2n) is 9.77. The molecule has 0 unspecified atom stereocenters. The zero-order chi connectivity index (χ0) is 23.9. The molecule has 182 valence electrons. The maximum absolute atomic E-state index is 12.2. The summed E-state index contributed by atoms with van der Waals surface area (Å²) in [4.78, 5) is 23.4. The molecule has 0 radical (unpaired) electrons. The number of amides is 1. The highest BCUT2D eigenvalue weighted by atomic mass is 16.6. The number of guanidine groups is 1. The predicted octanol–water partition coefficient (Wildman–Crippen LogP) is 2.49. The molecule has 2 rings (SSSR count). The number of ether oxygens (including phenoxy) is 1. The summed E-state index contributed by atoms with van der Waals surface area (Å²) < 4.78 is 7.37. The zero-order valence-corrected chi connectivity index (χ0v) is 21.3. The van der Waals surface area contributed by atoms with Crippen LogP contribution in [0, 0.1) is 0 Å². The Morgan fingerprint density at radius 2 is 1.94 bits per heavy atom. The summed E-state index contributed by atoms with van der Waals surface area (Å²) in [6.07, 6.45) is 1.88. The first-order valence-corrected chi connectivity index (χ1v) is 11.7. The first kappa shape index (κ1) is 26.0. The number of nitrogens with zero attached hydrogens (tertiary/aromatic N) is 6. The van der Waals surface area contributed by atoms with Gasteiger partial charge in [0.15, 0.2) is 5.96 Å². The molecule has 9 heteroatoms. The van der Waals surface area contributed by atoms with Crippen molar-refractivity contribution in [3.63, 3.8) is 0 Å². The first-order chi connectivity index (χ1) is 15.0. The summed E-state index contributed by atoms with van der Waals surface area (Å²) in [5.74, 6) is 1.29. The molecular weight excluding hydrogens is 406 g/mol. The van der Waals surface area contributed by atoms with Crippen molar-refractivity contribution in [1.82, 2.24) is 29.8 Å². The van der Waals surface area contributed by atoms with Gasteiger partial charge in [-0.1, -0.05) is 13.8 Å². The fourth-order valence-corrected chi connectivity index (χ4v) is 3.74. The second kappa shape index (κ2) is 11.5. The van der Waals surface area contributed by atoms with Crippen molar-refractivity contribution in [2.75, 3.05) is 52.9 Å². The standard InChI is InChI=1S/C23H43N7O2/c1-9-24-21(27(7)16-19-17-28(8)26-20(19)18(2)3)25-10-11-29-12-14-30(15-13-29)22(31)32-23(4,5)6/h17-18H,9-16H2,1-8H3,(H,24,25). The molecule has 0 bridgehead atoms. The molecule has 1 aliphatic heterocycles. The number of hydrogen-bond donors (Lipinski definition) is 1. The quantitative estimate of drug-likeness (QED) is 0.509. The van der Waals surface area contributed by atoms with Gasteiger partial charge in [0, 0.05) is 71.7 Å². The van der Waals surface area contributed by atoms with Crippen LogP contribution in [0.1, 0.15) is 58.7 Å². The van der Waals surface area contributed by atoms with Crippen molar-refractivity contribution in [3.8, 4) is 0 Å². The Balaban J connectivity index is 1.87. The fourth-order valence-electron chi connectivity index (χ4n) is 3.74. The van der Waals surface area contributed by atoms with E-state index < -0.39 is 5.60 Å². The Kier molecular flexibility index (Phi) is 9.36. The van der Waals surface area contributed by atoms with Crippen LogP contribution in [0.2, 0.25) is 0 Å². The van der Waals surface area contributed by atoms with Gasteiger partial charge in [0.05, 0.1) is 12.2 Å². The summed E-state index contributed by atoms with van der Waals surface area (Å²) in [5, 5.41) is 8.02. The minimum absolute atomic E-state index is 0.220. The van der Waals surface area contributed by atoms with Crippen molar-refractivity contribution in [3.05, 3.63) is 17.5 Å². The third kappa shape index (κ3) is 8.00. The number of aromatic nitrogens is 2. The first-order valence-electron chi connectivity index (χ1n) is 11.7. The predicted molar refractivity (Wildman–Crippen MR) is 129 cm³/mol. The third-order valence-electron chi connectivity index (χ3n) is 5.29. The Labute approximate surface area is 193 Å². The fraction of sp³-hybridized carbons (Fsp3) is 0.783. The second-order valence-corrected chi connectivity index (χ2v) is 9.77. The average Bonchev–Trinajstić information content (AvgIpc) is 3.06. The van der Waals surface area contributed by atoms with E-state index in [-0.39, 0.29) is 6.09 Å². The van der Waals surface area contributed by atoms with Gasteiger partial charge in [0.25, 0.3) is 0 Å².